The number of aryl methyl sites for hydroxylation is 1. The topological polar surface area (TPSA) is 137 Å². The van der Waals surface area contributed by atoms with E-state index in [0.29, 0.717) is 46.4 Å². The molecule has 4 N–H and O–H groups in total. The number of anilines is 1. The fraction of sp³-hybridized carbons (Fsp3) is 0.226. The van der Waals surface area contributed by atoms with Crippen LogP contribution in [-0.4, -0.2) is 54.1 Å². The van der Waals surface area contributed by atoms with E-state index in [9.17, 15) is 9.18 Å². The number of amides is 1. The summed E-state index contributed by atoms with van der Waals surface area (Å²) in [6.07, 6.45) is 9.31. The van der Waals surface area contributed by atoms with Crippen molar-refractivity contribution in [3.05, 3.63) is 72.6 Å². The number of benzene rings is 1. The second kappa shape index (κ2) is 10.7. The van der Waals surface area contributed by atoms with Gasteiger partial charge in [0, 0.05) is 41.7 Å². The molecule has 5 aromatic heterocycles. The monoisotopic (exact) mass is 561 g/mol. The van der Waals surface area contributed by atoms with Gasteiger partial charge < -0.3 is 15.6 Å². The first-order chi connectivity index (χ1) is 20.5. The zero-order valence-electron chi connectivity index (χ0n) is 22.9. The molecule has 1 aliphatic rings. The Morgan fingerprint density at radius 2 is 1.86 bits per heavy atom. The van der Waals surface area contributed by atoms with Crippen molar-refractivity contribution in [2.24, 2.45) is 5.92 Å². The molecule has 10 nitrogen and oxygen atoms in total. The second-order valence-electron chi connectivity index (χ2n) is 10.8. The summed E-state index contributed by atoms with van der Waals surface area (Å²) in [4.78, 5) is 34.1. The molecule has 1 aromatic carbocycles. The summed E-state index contributed by atoms with van der Waals surface area (Å²) in [5.74, 6) is 0.637. The maximum atomic E-state index is 14.2. The van der Waals surface area contributed by atoms with Crippen molar-refractivity contribution in [3.63, 3.8) is 0 Å². The fourth-order valence-corrected chi connectivity index (χ4v) is 5.63. The van der Waals surface area contributed by atoms with E-state index in [4.69, 9.17) is 4.98 Å². The molecule has 0 spiro atoms. The molecule has 1 saturated heterocycles. The van der Waals surface area contributed by atoms with Crippen molar-refractivity contribution < 1.29 is 9.18 Å². The molecule has 0 saturated carbocycles. The van der Waals surface area contributed by atoms with Gasteiger partial charge in [-0.05, 0) is 80.2 Å². The first-order valence-corrected chi connectivity index (χ1v) is 13.9. The lowest BCUT2D eigenvalue weighted by atomic mass is 9.94. The summed E-state index contributed by atoms with van der Waals surface area (Å²) in [5, 5.41) is 14.5. The van der Waals surface area contributed by atoms with Crippen LogP contribution in [0.25, 0.3) is 56.0 Å². The molecule has 0 radical (unpaired) electrons. The number of hydrogen-bond donors (Lipinski definition) is 4. The van der Waals surface area contributed by atoms with E-state index in [-0.39, 0.29) is 11.7 Å². The van der Waals surface area contributed by atoms with Crippen LogP contribution in [0.5, 0.6) is 0 Å². The highest BCUT2D eigenvalue weighted by Crippen LogP contribution is 2.32. The van der Waals surface area contributed by atoms with Crippen molar-refractivity contribution in [2.75, 3.05) is 18.4 Å². The average Bonchev–Trinajstić information content (AvgIpc) is 3.61. The van der Waals surface area contributed by atoms with Crippen molar-refractivity contribution in [1.82, 2.24) is 40.4 Å². The Morgan fingerprint density at radius 1 is 1.00 bits per heavy atom. The molecule has 42 heavy (non-hydrogen) atoms. The number of aromatic amines is 2. The van der Waals surface area contributed by atoms with Crippen molar-refractivity contribution in [3.8, 4) is 33.8 Å². The van der Waals surface area contributed by atoms with E-state index in [1.165, 1.54) is 12.1 Å². The predicted molar refractivity (Wildman–Crippen MR) is 159 cm³/mol. The molecular weight excluding hydrogens is 533 g/mol. The van der Waals surface area contributed by atoms with Crippen molar-refractivity contribution >= 4 is 33.8 Å². The number of fused-ring (bicyclic) bond motifs is 2. The minimum Gasteiger partial charge on any atom is -0.335 e. The minimum absolute atomic E-state index is 0.00202. The van der Waals surface area contributed by atoms with Crippen molar-refractivity contribution in [1.29, 1.82) is 0 Å². The number of imidazole rings is 1. The highest BCUT2D eigenvalue weighted by Gasteiger charge is 2.19. The molecule has 210 valence electrons. The Morgan fingerprint density at radius 3 is 2.71 bits per heavy atom. The van der Waals surface area contributed by atoms with Gasteiger partial charge in [-0.1, -0.05) is 6.07 Å². The molecule has 0 aliphatic carbocycles. The molecule has 0 bridgehead atoms. The van der Waals surface area contributed by atoms with Gasteiger partial charge in [0.1, 0.15) is 11.5 Å². The van der Waals surface area contributed by atoms with E-state index < -0.39 is 0 Å². The Kier molecular flexibility index (Phi) is 6.63. The zero-order valence-corrected chi connectivity index (χ0v) is 22.9. The van der Waals surface area contributed by atoms with E-state index >= 15 is 0 Å². The summed E-state index contributed by atoms with van der Waals surface area (Å²) < 4.78 is 14.2. The zero-order chi connectivity index (χ0) is 28.6. The van der Waals surface area contributed by atoms with Crippen LogP contribution < -0.4 is 10.6 Å². The van der Waals surface area contributed by atoms with Crippen LogP contribution in [0.2, 0.25) is 0 Å². The van der Waals surface area contributed by atoms with Gasteiger partial charge in [-0.15, -0.1) is 0 Å². The SMILES string of the molecule is Cc1cc(F)cc(-c2ccnc3nc(-c4[nH]nc5ncc(-c6cncc(NC(=O)CC7CCNCC7)c6)cc45)[nH]c23)c1. The average molecular weight is 562 g/mol. The number of hydrogen-bond acceptors (Lipinski definition) is 7. The molecule has 1 amide bonds. The Hall–Kier alpha value is -5.03. The van der Waals surface area contributed by atoms with Crippen LogP contribution in [0, 0.1) is 18.7 Å². The molecular formula is C31H28FN9O. The normalized spacial score (nSPS) is 14.0. The summed E-state index contributed by atoms with van der Waals surface area (Å²) in [5.41, 5.74) is 7.02. The number of nitrogens with one attached hydrogen (secondary N) is 4. The van der Waals surface area contributed by atoms with Crippen LogP contribution in [0.15, 0.2) is 61.2 Å². The summed E-state index contributed by atoms with van der Waals surface area (Å²) >= 11 is 0. The largest absolute Gasteiger partial charge is 0.335 e. The summed E-state index contributed by atoms with van der Waals surface area (Å²) in [6, 6.07) is 10.6. The third kappa shape index (κ3) is 5.10. The van der Waals surface area contributed by atoms with Crippen LogP contribution >= 0.6 is 0 Å². The molecule has 1 aliphatic heterocycles. The molecule has 6 heterocycles. The van der Waals surface area contributed by atoms with Gasteiger partial charge in [-0.2, -0.15) is 5.10 Å². The maximum Gasteiger partial charge on any atom is 0.224 e. The van der Waals surface area contributed by atoms with Crippen LogP contribution in [0.3, 0.4) is 0 Å². The summed E-state index contributed by atoms with van der Waals surface area (Å²) in [6.45, 7) is 3.77. The molecule has 0 atom stereocenters. The van der Waals surface area contributed by atoms with Gasteiger partial charge in [0.25, 0.3) is 0 Å². The number of pyridine rings is 3. The minimum atomic E-state index is -0.298. The van der Waals surface area contributed by atoms with Crippen LogP contribution in [0.1, 0.15) is 24.8 Å². The highest BCUT2D eigenvalue weighted by atomic mass is 19.1. The lowest BCUT2D eigenvalue weighted by Gasteiger charge is -2.21. The van der Waals surface area contributed by atoms with E-state index in [1.807, 2.05) is 31.2 Å². The smallest absolute Gasteiger partial charge is 0.224 e. The molecule has 0 unspecified atom stereocenters. The third-order valence-electron chi connectivity index (χ3n) is 7.68. The number of carbonyl (C=O) groups excluding carboxylic acids is 1. The fourth-order valence-electron chi connectivity index (χ4n) is 5.63. The highest BCUT2D eigenvalue weighted by molar-refractivity contribution is 5.96. The number of halogens is 1. The number of rotatable bonds is 6. The van der Waals surface area contributed by atoms with Gasteiger partial charge >= 0.3 is 0 Å². The van der Waals surface area contributed by atoms with Gasteiger partial charge in [0.15, 0.2) is 17.1 Å². The quantitative estimate of drug-likeness (QED) is 0.214. The van der Waals surface area contributed by atoms with Crippen LogP contribution in [-0.2, 0) is 4.79 Å². The lowest BCUT2D eigenvalue weighted by molar-refractivity contribution is -0.117. The molecule has 11 heteroatoms. The Balaban J connectivity index is 1.20. The number of carbonyl (C=O) groups is 1. The second-order valence-corrected chi connectivity index (χ2v) is 10.8. The van der Waals surface area contributed by atoms with Gasteiger partial charge in [-0.3, -0.25) is 14.9 Å². The van der Waals surface area contributed by atoms with E-state index in [2.05, 4.69) is 40.8 Å². The van der Waals surface area contributed by atoms with E-state index in [0.717, 1.165) is 59.1 Å². The number of nitrogens with zero attached hydrogens (tertiary/aromatic N) is 5. The Labute approximate surface area is 240 Å². The molecule has 7 rings (SSSR count). The number of aromatic nitrogens is 7. The first-order valence-electron chi connectivity index (χ1n) is 13.9. The first kappa shape index (κ1) is 25.9. The number of piperidine rings is 1. The standard InChI is InChI=1S/C31H28FN9O/c1-17-8-19(11-22(32)9-17)24-4-7-35-30-27(24)38-31(39-30)28-25-13-21(15-36-29(25)41-40-28)20-12-23(16-34-14-20)37-26(42)10-18-2-5-33-6-3-18/h4,7-9,11-16,18,33H,2-3,5-6,10H2,1H3,(H,37,42)(H,35,38,39)(H,36,40,41). The van der Waals surface area contributed by atoms with E-state index in [1.54, 1.807) is 24.8 Å². The maximum absolute atomic E-state index is 14.2. The van der Waals surface area contributed by atoms with Crippen LogP contribution in [0.4, 0.5) is 10.1 Å². The summed E-state index contributed by atoms with van der Waals surface area (Å²) in [7, 11) is 0. The molecule has 6 aromatic rings. The predicted octanol–water partition coefficient (Wildman–Crippen LogP) is 5.40. The lowest BCUT2D eigenvalue weighted by Crippen LogP contribution is -2.30. The molecule has 1 fully saturated rings. The number of H-pyrrole nitrogens is 2. The van der Waals surface area contributed by atoms with Gasteiger partial charge in [0.2, 0.25) is 5.91 Å². The van der Waals surface area contributed by atoms with Crippen molar-refractivity contribution in [2.45, 2.75) is 26.2 Å². The third-order valence-corrected chi connectivity index (χ3v) is 7.68. The van der Waals surface area contributed by atoms with Gasteiger partial charge in [0.05, 0.1) is 22.8 Å². The van der Waals surface area contributed by atoms with Gasteiger partial charge in [-0.25, -0.2) is 19.3 Å². The Bertz CT molecular complexity index is 1920.